The molecule has 0 radical (unpaired) electrons. The van der Waals surface area contributed by atoms with E-state index in [1.54, 1.807) is 12.1 Å². The third kappa shape index (κ3) is 4.24. The maximum atomic E-state index is 14.2. The highest BCUT2D eigenvalue weighted by Gasteiger charge is 2.29. The molecule has 1 aliphatic rings. The van der Waals surface area contributed by atoms with Crippen molar-refractivity contribution in [3.63, 3.8) is 0 Å². The first-order valence-corrected chi connectivity index (χ1v) is 9.54. The number of aromatic nitrogens is 1. The zero-order valence-corrected chi connectivity index (χ0v) is 15.3. The van der Waals surface area contributed by atoms with Crippen LogP contribution in [-0.4, -0.2) is 57.0 Å². The highest BCUT2D eigenvalue weighted by Crippen LogP contribution is 2.22. The average Bonchev–Trinajstić information content (AvgIpc) is 2.69. The number of sulfonamides is 1. The van der Waals surface area contributed by atoms with Gasteiger partial charge in [0, 0.05) is 24.7 Å². The van der Waals surface area contributed by atoms with E-state index in [1.165, 1.54) is 19.4 Å². The van der Waals surface area contributed by atoms with Gasteiger partial charge in [-0.15, -0.1) is 0 Å². The predicted molar refractivity (Wildman–Crippen MR) is 94.7 cm³/mol. The smallest absolute Gasteiger partial charge is 0.255 e. The van der Waals surface area contributed by atoms with Crippen molar-refractivity contribution >= 4 is 21.6 Å². The Bertz CT molecular complexity index is 928. The van der Waals surface area contributed by atoms with E-state index in [0.29, 0.717) is 11.6 Å². The lowest BCUT2D eigenvalue weighted by Crippen LogP contribution is -2.41. The summed E-state index contributed by atoms with van der Waals surface area (Å²) in [5.74, 6) is -1.11. The zero-order chi connectivity index (χ0) is 19.4. The average molecular weight is 395 g/mol. The van der Waals surface area contributed by atoms with Crippen LogP contribution < -0.4 is 10.1 Å². The molecule has 0 atom stereocenters. The Labute approximate surface area is 156 Å². The first-order valence-electron chi connectivity index (χ1n) is 8.10. The second-order valence-corrected chi connectivity index (χ2v) is 7.61. The van der Waals surface area contributed by atoms with Crippen molar-refractivity contribution in [3.8, 4) is 5.88 Å². The van der Waals surface area contributed by atoms with Crippen molar-refractivity contribution in [2.45, 2.75) is 4.90 Å². The number of ether oxygens (including phenoxy) is 2. The Morgan fingerprint density at radius 3 is 2.63 bits per heavy atom. The van der Waals surface area contributed by atoms with Gasteiger partial charge in [0.2, 0.25) is 15.9 Å². The molecule has 2 aromatic rings. The number of carbonyl (C=O) groups is 1. The fourth-order valence-electron chi connectivity index (χ4n) is 2.55. The number of anilines is 1. The first kappa shape index (κ1) is 19.2. The summed E-state index contributed by atoms with van der Waals surface area (Å²) in [6.45, 7) is 0.752. The number of morpholine rings is 1. The number of nitrogens with zero attached hydrogens (tertiary/aromatic N) is 2. The van der Waals surface area contributed by atoms with E-state index in [0.717, 1.165) is 16.4 Å². The van der Waals surface area contributed by atoms with Crippen LogP contribution in [0.1, 0.15) is 10.4 Å². The van der Waals surface area contributed by atoms with Crippen LogP contribution in [0.25, 0.3) is 0 Å². The molecule has 1 aliphatic heterocycles. The summed E-state index contributed by atoms with van der Waals surface area (Å²) in [5.41, 5.74) is 0.404. The Kier molecular flexibility index (Phi) is 5.68. The molecule has 2 heterocycles. The van der Waals surface area contributed by atoms with Crippen LogP contribution >= 0.6 is 0 Å². The van der Waals surface area contributed by atoms with Crippen molar-refractivity contribution in [1.82, 2.24) is 9.29 Å². The van der Waals surface area contributed by atoms with Crippen LogP contribution in [0.4, 0.5) is 10.1 Å². The van der Waals surface area contributed by atoms with Crippen molar-refractivity contribution in [2.24, 2.45) is 0 Å². The summed E-state index contributed by atoms with van der Waals surface area (Å²) in [5, 5.41) is 2.58. The maximum absolute atomic E-state index is 14.2. The Balaban J connectivity index is 1.84. The van der Waals surface area contributed by atoms with E-state index in [2.05, 4.69) is 10.3 Å². The number of hydrogen-bond donors (Lipinski definition) is 1. The van der Waals surface area contributed by atoms with Gasteiger partial charge in [-0.05, 0) is 24.3 Å². The number of carbonyl (C=O) groups excluding carboxylic acids is 1. The van der Waals surface area contributed by atoms with E-state index in [1.807, 2.05) is 0 Å². The SMILES string of the molecule is COc1ccc(NC(=O)c2ccc(F)c(S(=O)(=O)N3CCOCC3)c2)cn1. The van der Waals surface area contributed by atoms with Crippen LogP contribution in [0.5, 0.6) is 5.88 Å². The quantitative estimate of drug-likeness (QED) is 0.824. The number of nitrogens with one attached hydrogen (secondary N) is 1. The normalized spacial score (nSPS) is 15.3. The molecule has 10 heteroatoms. The molecule has 0 spiro atoms. The van der Waals surface area contributed by atoms with Crippen LogP contribution in [0, 0.1) is 5.82 Å². The lowest BCUT2D eigenvalue weighted by molar-refractivity contribution is 0.0729. The van der Waals surface area contributed by atoms with Crippen molar-refractivity contribution in [1.29, 1.82) is 0 Å². The molecule has 27 heavy (non-hydrogen) atoms. The summed E-state index contributed by atoms with van der Waals surface area (Å²) in [6.07, 6.45) is 1.39. The molecule has 1 amide bonds. The Morgan fingerprint density at radius 2 is 2.00 bits per heavy atom. The Morgan fingerprint density at radius 1 is 1.26 bits per heavy atom. The predicted octanol–water partition coefficient (Wildman–Crippen LogP) is 1.50. The topological polar surface area (TPSA) is 97.8 Å². The largest absolute Gasteiger partial charge is 0.481 e. The fraction of sp³-hybridized carbons (Fsp3) is 0.294. The van der Waals surface area contributed by atoms with Gasteiger partial charge in [0.15, 0.2) is 0 Å². The van der Waals surface area contributed by atoms with Crippen LogP contribution in [-0.2, 0) is 14.8 Å². The third-order valence-corrected chi connectivity index (χ3v) is 5.90. The monoisotopic (exact) mass is 395 g/mol. The molecular weight excluding hydrogens is 377 g/mol. The van der Waals surface area contributed by atoms with Crippen LogP contribution in [0.15, 0.2) is 41.4 Å². The number of benzene rings is 1. The van der Waals surface area contributed by atoms with Crippen molar-refractivity contribution in [2.75, 3.05) is 38.7 Å². The number of pyridine rings is 1. The molecule has 1 aromatic carbocycles. The van der Waals surface area contributed by atoms with Gasteiger partial charge in [0.05, 0.1) is 32.2 Å². The fourth-order valence-corrected chi connectivity index (χ4v) is 4.04. The third-order valence-electron chi connectivity index (χ3n) is 3.98. The number of amides is 1. The first-order chi connectivity index (χ1) is 12.9. The van der Waals surface area contributed by atoms with Gasteiger partial charge in [0.1, 0.15) is 10.7 Å². The number of methoxy groups -OCH3 is 1. The summed E-state index contributed by atoms with van der Waals surface area (Å²) in [4.78, 5) is 15.8. The number of hydrogen-bond acceptors (Lipinski definition) is 6. The van der Waals surface area contributed by atoms with Crippen LogP contribution in [0.2, 0.25) is 0 Å². The molecule has 0 aliphatic carbocycles. The minimum absolute atomic E-state index is 0.0130. The highest BCUT2D eigenvalue weighted by molar-refractivity contribution is 7.89. The maximum Gasteiger partial charge on any atom is 0.255 e. The standard InChI is InChI=1S/C17H18FN3O5S/c1-25-16-5-3-13(11-19-16)20-17(22)12-2-4-14(18)15(10-12)27(23,24)21-6-8-26-9-7-21/h2-5,10-11H,6-9H2,1H3,(H,20,22). The zero-order valence-electron chi connectivity index (χ0n) is 14.5. The summed E-state index contributed by atoms with van der Waals surface area (Å²) < 4.78 is 50.8. The second kappa shape index (κ2) is 7.99. The van der Waals surface area contributed by atoms with Gasteiger partial charge in [-0.25, -0.2) is 17.8 Å². The van der Waals surface area contributed by atoms with Gasteiger partial charge in [-0.3, -0.25) is 4.79 Å². The van der Waals surface area contributed by atoms with Gasteiger partial charge in [-0.2, -0.15) is 4.31 Å². The summed E-state index contributed by atoms with van der Waals surface area (Å²) >= 11 is 0. The van der Waals surface area contributed by atoms with E-state index < -0.39 is 26.6 Å². The van der Waals surface area contributed by atoms with Gasteiger partial charge in [0.25, 0.3) is 5.91 Å². The van der Waals surface area contributed by atoms with Crippen molar-refractivity contribution < 1.29 is 27.1 Å². The van der Waals surface area contributed by atoms with Gasteiger partial charge in [-0.1, -0.05) is 0 Å². The van der Waals surface area contributed by atoms with E-state index in [-0.39, 0.29) is 31.9 Å². The van der Waals surface area contributed by atoms with Crippen LogP contribution in [0.3, 0.4) is 0 Å². The molecule has 0 bridgehead atoms. The second-order valence-electron chi connectivity index (χ2n) is 5.71. The van der Waals surface area contributed by atoms with Crippen molar-refractivity contribution in [3.05, 3.63) is 47.9 Å². The molecular formula is C17H18FN3O5S. The molecule has 1 N–H and O–H groups in total. The minimum Gasteiger partial charge on any atom is -0.481 e. The minimum atomic E-state index is -4.06. The van der Waals surface area contributed by atoms with E-state index in [4.69, 9.17) is 9.47 Å². The van der Waals surface area contributed by atoms with E-state index in [9.17, 15) is 17.6 Å². The van der Waals surface area contributed by atoms with Gasteiger partial charge >= 0.3 is 0 Å². The lowest BCUT2D eigenvalue weighted by Gasteiger charge is -2.26. The number of halogens is 1. The molecule has 144 valence electrons. The molecule has 3 rings (SSSR count). The molecule has 0 unspecified atom stereocenters. The molecule has 1 aromatic heterocycles. The Hall–Kier alpha value is -2.56. The summed E-state index contributed by atoms with van der Waals surface area (Å²) in [7, 11) is -2.59. The lowest BCUT2D eigenvalue weighted by atomic mass is 10.2. The van der Waals surface area contributed by atoms with Gasteiger partial charge < -0.3 is 14.8 Å². The number of rotatable bonds is 5. The highest BCUT2D eigenvalue weighted by atomic mass is 32.2. The molecule has 8 nitrogen and oxygen atoms in total. The molecule has 1 saturated heterocycles. The van der Waals surface area contributed by atoms with E-state index >= 15 is 0 Å². The molecule has 1 fully saturated rings. The summed E-state index contributed by atoms with van der Waals surface area (Å²) in [6, 6.07) is 6.37. The molecule has 0 saturated carbocycles.